The van der Waals surface area contributed by atoms with Gasteiger partial charge in [0.25, 0.3) is 0 Å². The molecule has 0 radical (unpaired) electrons. The Balaban J connectivity index is 0. The zero-order valence-electron chi connectivity index (χ0n) is 12.7. The van der Waals surface area contributed by atoms with Crippen molar-refractivity contribution in [2.24, 2.45) is 5.73 Å². The second-order valence-electron chi connectivity index (χ2n) is 5.24. The van der Waals surface area contributed by atoms with E-state index in [-0.39, 0.29) is 19.0 Å². The predicted octanol–water partition coefficient (Wildman–Crippen LogP) is 1.99. The van der Waals surface area contributed by atoms with Crippen molar-refractivity contribution in [3.05, 3.63) is 0 Å². The minimum absolute atomic E-state index is 0. The standard InChI is InChI=1S/C13H26N2O4.ClH/c1-5-18-11(16)10(8-6-7-9-14)15-12(17)19-13(2,3)4;/h10H,5-9,14H2,1-4H3,(H,15,17);1H/t10-;/m0./s1. The third kappa shape index (κ3) is 10.9. The number of nitrogens with one attached hydrogen (secondary N) is 1. The van der Waals surface area contributed by atoms with E-state index < -0.39 is 23.7 Å². The van der Waals surface area contributed by atoms with Gasteiger partial charge in [0.15, 0.2) is 0 Å². The summed E-state index contributed by atoms with van der Waals surface area (Å²) in [5, 5.41) is 2.54. The lowest BCUT2D eigenvalue weighted by atomic mass is 10.1. The highest BCUT2D eigenvalue weighted by molar-refractivity contribution is 5.85. The minimum Gasteiger partial charge on any atom is -0.464 e. The zero-order valence-corrected chi connectivity index (χ0v) is 13.5. The molecule has 0 fully saturated rings. The highest BCUT2D eigenvalue weighted by atomic mass is 35.5. The van der Waals surface area contributed by atoms with Gasteiger partial charge in [0.2, 0.25) is 0 Å². The second-order valence-corrected chi connectivity index (χ2v) is 5.24. The van der Waals surface area contributed by atoms with Crippen molar-refractivity contribution in [3.63, 3.8) is 0 Å². The van der Waals surface area contributed by atoms with Crippen molar-refractivity contribution >= 4 is 24.5 Å². The highest BCUT2D eigenvalue weighted by Crippen LogP contribution is 2.08. The first-order chi connectivity index (χ1) is 8.80. The molecule has 0 unspecified atom stereocenters. The van der Waals surface area contributed by atoms with Crippen LogP contribution in [-0.2, 0) is 14.3 Å². The van der Waals surface area contributed by atoms with Crippen molar-refractivity contribution in [2.45, 2.75) is 58.6 Å². The van der Waals surface area contributed by atoms with Crippen LogP contribution in [0.5, 0.6) is 0 Å². The van der Waals surface area contributed by atoms with Gasteiger partial charge in [-0.1, -0.05) is 0 Å². The third-order valence-electron chi connectivity index (χ3n) is 2.21. The van der Waals surface area contributed by atoms with Crippen LogP contribution in [0.4, 0.5) is 4.79 Å². The molecular formula is C13H27ClN2O4. The Kier molecular flexibility index (Phi) is 11.4. The Bertz CT molecular complexity index is 293. The van der Waals surface area contributed by atoms with Crippen LogP contribution in [0, 0.1) is 0 Å². The van der Waals surface area contributed by atoms with Gasteiger partial charge in [-0.05, 0) is 53.5 Å². The van der Waals surface area contributed by atoms with E-state index in [2.05, 4.69) is 5.32 Å². The number of nitrogens with two attached hydrogens (primary N) is 1. The van der Waals surface area contributed by atoms with E-state index in [0.717, 1.165) is 12.8 Å². The van der Waals surface area contributed by atoms with Crippen LogP contribution in [0.1, 0.15) is 47.0 Å². The fourth-order valence-electron chi connectivity index (χ4n) is 1.43. The number of hydrogen-bond donors (Lipinski definition) is 2. The van der Waals surface area contributed by atoms with Crippen molar-refractivity contribution in [1.82, 2.24) is 5.32 Å². The number of hydrogen-bond acceptors (Lipinski definition) is 5. The van der Waals surface area contributed by atoms with Crippen LogP contribution >= 0.6 is 12.4 Å². The lowest BCUT2D eigenvalue weighted by Crippen LogP contribution is -2.44. The monoisotopic (exact) mass is 310 g/mol. The normalized spacial score (nSPS) is 12.1. The molecule has 20 heavy (non-hydrogen) atoms. The van der Waals surface area contributed by atoms with E-state index in [4.69, 9.17) is 15.2 Å². The first kappa shape index (κ1) is 21.3. The van der Waals surface area contributed by atoms with Gasteiger partial charge in [-0.15, -0.1) is 12.4 Å². The molecule has 1 amide bonds. The zero-order chi connectivity index (χ0) is 14.9. The number of carbonyl (C=O) groups is 2. The van der Waals surface area contributed by atoms with Gasteiger partial charge in [0.05, 0.1) is 6.61 Å². The van der Waals surface area contributed by atoms with Crippen LogP contribution in [-0.4, -0.2) is 36.9 Å². The Morgan fingerprint density at radius 3 is 2.30 bits per heavy atom. The smallest absolute Gasteiger partial charge is 0.408 e. The van der Waals surface area contributed by atoms with Crippen molar-refractivity contribution in [1.29, 1.82) is 0 Å². The summed E-state index contributed by atoms with van der Waals surface area (Å²) >= 11 is 0. The van der Waals surface area contributed by atoms with Crippen LogP contribution in [0.15, 0.2) is 0 Å². The van der Waals surface area contributed by atoms with E-state index in [1.54, 1.807) is 27.7 Å². The van der Waals surface area contributed by atoms with Crippen molar-refractivity contribution in [2.75, 3.05) is 13.2 Å². The second kappa shape index (κ2) is 10.7. The van der Waals surface area contributed by atoms with Gasteiger partial charge in [0, 0.05) is 0 Å². The number of unbranched alkanes of at least 4 members (excludes halogenated alkanes) is 1. The predicted molar refractivity (Wildman–Crippen MR) is 79.9 cm³/mol. The Labute approximate surface area is 127 Å². The largest absolute Gasteiger partial charge is 0.464 e. The summed E-state index contributed by atoms with van der Waals surface area (Å²) < 4.78 is 10.0. The summed E-state index contributed by atoms with van der Waals surface area (Å²) in [5.41, 5.74) is 4.81. The quantitative estimate of drug-likeness (QED) is 0.554. The summed E-state index contributed by atoms with van der Waals surface area (Å²) in [5.74, 6) is -0.439. The number of alkyl carbamates (subject to hydrolysis) is 1. The maximum Gasteiger partial charge on any atom is 0.408 e. The van der Waals surface area contributed by atoms with Gasteiger partial charge in [-0.2, -0.15) is 0 Å². The Hall–Kier alpha value is -1.01. The molecule has 0 aliphatic heterocycles. The lowest BCUT2D eigenvalue weighted by molar-refractivity contribution is -0.145. The fourth-order valence-corrected chi connectivity index (χ4v) is 1.43. The first-order valence-electron chi connectivity index (χ1n) is 6.66. The molecule has 0 aromatic rings. The molecule has 0 bridgehead atoms. The number of halogens is 1. The van der Waals surface area contributed by atoms with Gasteiger partial charge in [0.1, 0.15) is 11.6 Å². The number of carbonyl (C=O) groups excluding carboxylic acids is 2. The van der Waals surface area contributed by atoms with E-state index in [1.165, 1.54) is 0 Å². The molecule has 0 spiro atoms. The molecule has 1 atom stereocenters. The highest BCUT2D eigenvalue weighted by Gasteiger charge is 2.24. The molecule has 0 aliphatic carbocycles. The summed E-state index contributed by atoms with van der Waals surface area (Å²) in [6.45, 7) is 7.85. The average molecular weight is 311 g/mol. The Morgan fingerprint density at radius 2 is 1.85 bits per heavy atom. The lowest BCUT2D eigenvalue weighted by Gasteiger charge is -2.22. The Morgan fingerprint density at radius 1 is 1.25 bits per heavy atom. The molecule has 0 aliphatic rings. The number of amides is 1. The molecule has 0 saturated heterocycles. The van der Waals surface area contributed by atoms with E-state index in [1.807, 2.05) is 0 Å². The van der Waals surface area contributed by atoms with Gasteiger partial charge in [-0.3, -0.25) is 0 Å². The number of ether oxygens (including phenoxy) is 2. The van der Waals surface area contributed by atoms with Gasteiger partial charge < -0.3 is 20.5 Å². The van der Waals surface area contributed by atoms with Crippen molar-refractivity contribution in [3.8, 4) is 0 Å². The number of esters is 1. The van der Waals surface area contributed by atoms with Gasteiger partial charge >= 0.3 is 12.1 Å². The van der Waals surface area contributed by atoms with Crippen LogP contribution < -0.4 is 11.1 Å². The van der Waals surface area contributed by atoms with Gasteiger partial charge in [-0.25, -0.2) is 9.59 Å². The molecule has 120 valence electrons. The average Bonchev–Trinajstić information content (AvgIpc) is 2.25. The molecule has 0 aromatic heterocycles. The van der Waals surface area contributed by atoms with Crippen molar-refractivity contribution < 1.29 is 19.1 Å². The SMILES string of the molecule is CCOC(=O)[C@H](CCCCN)NC(=O)OC(C)(C)C.Cl. The van der Waals surface area contributed by atoms with E-state index in [9.17, 15) is 9.59 Å². The molecule has 0 aromatic carbocycles. The fraction of sp³-hybridized carbons (Fsp3) is 0.846. The molecule has 0 heterocycles. The molecular weight excluding hydrogens is 284 g/mol. The third-order valence-corrected chi connectivity index (χ3v) is 2.21. The summed E-state index contributed by atoms with van der Waals surface area (Å²) in [6, 6.07) is -0.679. The maximum absolute atomic E-state index is 11.7. The molecule has 0 rings (SSSR count). The minimum atomic E-state index is -0.679. The topological polar surface area (TPSA) is 90.6 Å². The summed E-state index contributed by atoms with van der Waals surface area (Å²) in [7, 11) is 0. The first-order valence-corrected chi connectivity index (χ1v) is 6.66. The molecule has 6 nitrogen and oxygen atoms in total. The number of rotatable bonds is 7. The van der Waals surface area contributed by atoms with E-state index in [0.29, 0.717) is 13.0 Å². The van der Waals surface area contributed by atoms with Crippen LogP contribution in [0.3, 0.4) is 0 Å². The summed E-state index contributed by atoms with van der Waals surface area (Å²) in [6.07, 6.45) is 1.43. The molecule has 3 N–H and O–H groups in total. The molecule has 7 heteroatoms. The molecule has 0 saturated carbocycles. The maximum atomic E-state index is 11.7. The van der Waals surface area contributed by atoms with E-state index >= 15 is 0 Å². The van der Waals surface area contributed by atoms with Crippen LogP contribution in [0.2, 0.25) is 0 Å². The summed E-state index contributed by atoms with van der Waals surface area (Å²) in [4.78, 5) is 23.4. The van der Waals surface area contributed by atoms with Crippen LogP contribution in [0.25, 0.3) is 0 Å².